The molecule has 0 radical (unpaired) electrons. The van der Waals surface area contributed by atoms with Gasteiger partial charge in [0.1, 0.15) is 23.1 Å². The number of benzene rings is 1. The smallest absolute Gasteiger partial charge is 0.269 e. The van der Waals surface area contributed by atoms with E-state index in [0.717, 1.165) is 31.2 Å². The number of primary amides is 1. The van der Waals surface area contributed by atoms with Crippen LogP contribution in [0.4, 0.5) is 4.39 Å². The van der Waals surface area contributed by atoms with Gasteiger partial charge in [0, 0.05) is 23.6 Å². The van der Waals surface area contributed by atoms with Crippen LogP contribution in [0.25, 0.3) is 11.4 Å². The van der Waals surface area contributed by atoms with Gasteiger partial charge in [-0.3, -0.25) is 9.59 Å². The summed E-state index contributed by atoms with van der Waals surface area (Å²) in [7, 11) is 0. The zero-order chi connectivity index (χ0) is 25.1. The van der Waals surface area contributed by atoms with Crippen LogP contribution >= 0.6 is 0 Å². The fourth-order valence-electron chi connectivity index (χ4n) is 5.08. The number of rotatable bonds is 5. The molecular weight excluding hydrogens is 465 g/mol. The molecule has 2 saturated carbocycles. The maximum absolute atomic E-state index is 15.1. The van der Waals surface area contributed by atoms with E-state index in [2.05, 4.69) is 27.3 Å². The Morgan fingerprint density at radius 2 is 2.11 bits per heavy atom. The minimum Gasteiger partial charge on any atom is -0.374 e. The first-order chi connectivity index (χ1) is 17.3. The quantitative estimate of drug-likeness (QED) is 0.472. The van der Waals surface area contributed by atoms with Crippen LogP contribution in [0.1, 0.15) is 82.5 Å². The normalized spacial score (nSPS) is 20.2. The average Bonchev–Trinajstić information content (AvgIpc) is 3.52. The molecular formula is C26H24FN5O4. The maximum Gasteiger partial charge on any atom is 0.269 e. The number of aromatic nitrogens is 3. The van der Waals surface area contributed by atoms with Crippen LogP contribution < -0.4 is 11.1 Å². The minimum atomic E-state index is -1.24. The van der Waals surface area contributed by atoms with Crippen LogP contribution in [-0.4, -0.2) is 31.6 Å². The molecule has 2 aromatic heterocycles. The van der Waals surface area contributed by atoms with Gasteiger partial charge in [0.05, 0.1) is 17.8 Å². The molecule has 4 N–H and O–H groups in total. The van der Waals surface area contributed by atoms with Crippen LogP contribution in [0.5, 0.6) is 0 Å². The van der Waals surface area contributed by atoms with Gasteiger partial charge in [-0.25, -0.2) is 9.37 Å². The highest BCUT2D eigenvalue weighted by Gasteiger charge is 2.42. The Balaban J connectivity index is 1.41. The number of nitrogens with one attached hydrogen (secondary N) is 1. The van der Waals surface area contributed by atoms with Crippen LogP contribution in [0.2, 0.25) is 0 Å². The molecule has 2 bridgehead atoms. The van der Waals surface area contributed by atoms with Crippen LogP contribution in [0, 0.1) is 30.5 Å². The fourth-order valence-corrected chi connectivity index (χ4v) is 5.08. The van der Waals surface area contributed by atoms with Crippen molar-refractivity contribution in [2.24, 2.45) is 11.7 Å². The first-order valence-electron chi connectivity index (χ1n) is 12.0. The Kier molecular flexibility index (Phi) is 5.19. The van der Waals surface area contributed by atoms with E-state index < -0.39 is 17.8 Å². The lowest BCUT2D eigenvalue weighted by Crippen LogP contribution is -2.30. The number of carbonyl (C=O) groups is 2. The van der Waals surface area contributed by atoms with E-state index in [-0.39, 0.29) is 47.3 Å². The monoisotopic (exact) mass is 489 g/mol. The van der Waals surface area contributed by atoms with E-state index in [9.17, 15) is 14.7 Å². The predicted octanol–water partition coefficient (Wildman–Crippen LogP) is 2.63. The standard InChI is InChI=1S/C26H24FN5O4/c1-12-6-20(31-36-12)22(33)5-4-14-9-18-17(10-19(14)27)15-7-16(8-15)32-21(11-29-26(35)13-2-3-13)23(24(28)34)30-25(18)32/h6,9-10,13,15-16,22,33H,2-3,7-8,11H2,1H3,(H2,28,34)(H,29,35)/t15?,16?,22-/m1/s1. The van der Waals surface area contributed by atoms with Crippen molar-refractivity contribution in [1.29, 1.82) is 0 Å². The molecule has 2 amide bonds. The minimum absolute atomic E-state index is 0.0305. The van der Waals surface area contributed by atoms with Crippen molar-refractivity contribution in [2.75, 3.05) is 0 Å². The Bertz CT molecular complexity index is 1470. The fraction of sp³-hybridized carbons (Fsp3) is 0.385. The van der Waals surface area contributed by atoms with Gasteiger partial charge in [-0.2, -0.15) is 0 Å². The largest absolute Gasteiger partial charge is 0.374 e. The van der Waals surface area contributed by atoms with Gasteiger partial charge in [0.15, 0.2) is 11.8 Å². The summed E-state index contributed by atoms with van der Waals surface area (Å²) in [6.45, 7) is 1.84. The number of amides is 2. The molecule has 7 rings (SSSR count). The predicted molar refractivity (Wildman–Crippen MR) is 125 cm³/mol. The molecule has 1 aromatic carbocycles. The van der Waals surface area contributed by atoms with Gasteiger partial charge in [-0.15, -0.1) is 0 Å². The van der Waals surface area contributed by atoms with Crippen LogP contribution in [0.15, 0.2) is 22.7 Å². The van der Waals surface area contributed by atoms with Crippen molar-refractivity contribution in [1.82, 2.24) is 20.0 Å². The molecule has 2 aliphatic carbocycles. The lowest BCUT2D eigenvalue weighted by atomic mass is 9.75. The average molecular weight is 490 g/mol. The number of imidazole rings is 1. The number of hydrogen-bond acceptors (Lipinski definition) is 6. The number of halogens is 1. The number of aryl methyl sites for hydroxylation is 1. The van der Waals surface area contributed by atoms with E-state index in [1.54, 1.807) is 19.1 Å². The molecule has 4 aliphatic rings. The Morgan fingerprint density at radius 3 is 2.78 bits per heavy atom. The summed E-state index contributed by atoms with van der Waals surface area (Å²) in [6.07, 6.45) is 2.05. The molecule has 36 heavy (non-hydrogen) atoms. The summed E-state index contributed by atoms with van der Waals surface area (Å²) in [5.41, 5.74) is 8.13. The summed E-state index contributed by atoms with van der Waals surface area (Å²) < 4.78 is 22.0. The molecule has 0 spiro atoms. The lowest BCUT2D eigenvalue weighted by Gasteiger charge is -2.35. The highest BCUT2D eigenvalue weighted by molar-refractivity contribution is 5.93. The summed E-state index contributed by atoms with van der Waals surface area (Å²) in [4.78, 5) is 29.1. The second kappa shape index (κ2) is 8.31. The van der Waals surface area contributed by atoms with E-state index in [0.29, 0.717) is 22.8 Å². The third-order valence-corrected chi connectivity index (χ3v) is 7.19. The third kappa shape index (κ3) is 3.76. The third-order valence-electron chi connectivity index (χ3n) is 7.19. The molecule has 2 fully saturated rings. The van der Waals surface area contributed by atoms with E-state index in [1.165, 1.54) is 6.07 Å². The highest BCUT2D eigenvalue weighted by Crippen LogP contribution is 2.53. The van der Waals surface area contributed by atoms with E-state index in [4.69, 9.17) is 10.3 Å². The second-order valence-corrected chi connectivity index (χ2v) is 9.73. The van der Waals surface area contributed by atoms with Crippen molar-refractivity contribution < 1.29 is 23.6 Å². The van der Waals surface area contributed by atoms with Crippen molar-refractivity contribution in [3.8, 4) is 23.2 Å². The molecule has 0 unspecified atom stereocenters. The van der Waals surface area contributed by atoms with Crippen molar-refractivity contribution in [3.63, 3.8) is 0 Å². The van der Waals surface area contributed by atoms with Gasteiger partial charge >= 0.3 is 0 Å². The highest BCUT2D eigenvalue weighted by atomic mass is 19.1. The number of carbonyl (C=O) groups excluding carboxylic acids is 2. The number of nitrogens with two attached hydrogens (primary N) is 1. The Morgan fingerprint density at radius 1 is 1.33 bits per heavy atom. The molecule has 3 aromatic rings. The van der Waals surface area contributed by atoms with Gasteiger partial charge < -0.3 is 25.2 Å². The van der Waals surface area contributed by atoms with Gasteiger partial charge in [-0.1, -0.05) is 17.0 Å². The number of nitrogens with zero attached hydrogens (tertiary/aromatic N) is 3. The first-order valence-corrected chi connectivity index (χ1v) is 12.0. The summed E-state index contributed by atoms with van der Waals surface area (Å²) in [5.74, 6) is 5.32. The molecule has 184 valence electrons. The van der Waals surface area contributed by atoms with Crippen molar-refractivity contribution in [3.05, 3.63) is 58.0 Å². The SMILES string of the molecule is Cc1cc([C@H](O)C#Cc2cc3c(cc2F)C2CC(C2)n2c-3nc(C(N)=O)c2CNC(=O)C2CC2)no1. The lowest BCUT2D eigenvalue weighted by molar-refractivity contribution is -0.122. The van der Waals surface area contributed by atoms with E-state index >= 15 is 4.39 Å². The summed E-state index contributed by atoms with van der Waals surface area (Å²) in [6, 6.07) is 4.71. The number of aliphatic hydroxyl groups is 1. The second-order valence-electron chi connectivity index (χ2n) is 9.73. The Labute approximate surface area is 205 Å². The molecule has 1 atom stereocenters. The van der Waals surface area contributed by atoms with Crippen molar-refractivity contribution in [2.45, 2.75) is 57.2 Å². The first kappa shape index (κ1) is 22.5. The molecule has 0 saturated heterocycles. The molecule has 2 aliphatic heterocycles. The van der Waals surface area contributed by atoms with Gasteiger partial charge in [0.2, 0.25) is 5.91 Å². The maximum atomic E-state index is 15.1. The van der Waals surface area contributed by atoms with Crippen molar-refractivity contribution >= 4 is 11.8 Å². The van der Waals surface area contributed by atoms with Gasteiger partial charge in [-0.05, 0) is 56.2 Å². The molecule has 4 heterocycles. The zero-order valence-corrected chi connectivity index (χ0v) is 19.5. The topological polar surface area (TPSA) is 136 Å². The van der Waals surface area contributed by atoms with Crippen LogP contribution in [0.3, 0.4) is 0 Å². The van der Waals surface area contributed by atoms with E-state index in [1.807, 2.05) is 4.57 Å². The number of hydrogen-bond donors (Lipinski definition) is 3. The molecule has 9 nitrogen and oxygen atoms in total. The van der Waals surface area contributed by atoms with Crippen LogP contribution in [-0.2, 0) is 11.3 Å². The summed E-state index contributed by atoms with van der Waals surface area (Å²) in [5, 5.41) is 17.0. The summed E-state index contributed by atoms with van der Waals surface area (Å²) >= 11 is 0. The molecule has 10 heteroatoms. The Hall–Kier alpha value is -3.97. The van der Waals surface area contributed by atoms with Gasteiger partial charge in [0.25, 0.3) is 5.91 Å². The number of aliphatic hydroxyl groups excluding tert-OH is 1. The zero-order valence-electron chi connectivity index (χ0n) is 19.5.